The molecule has 3 nitrogen and oxygen atoms in total. The largest absolute Gasteiger partial charge is 0.354 e. The Kier molecular flexibility index (Phi) is 5.63. The number of nitrogens with two attached hydrogens (primary N) is 1. The molecule has 0 radical (unpaired) electrons. The van der Waals surface area contributed by atoms with Crippen LogP contribution in [0.4, 0.5) is 4.39 Å². The van der Waals surface area contributed by atoms with Gasteiger partial charge in [0, 0.05) is 12.6 Å². The lowest BCUT2D eigenvalue weighted by molar-refractivity contribution is -0.120. The molecular formula is C13H19FN2O. The molecule has 0 aromatic heterocycles. The van der Waals surface area contributed by atoms with Crippen molar-refractivity contribution in [1.29, 1.82) is 0 Å². The summed E-state index contributed by atoms with van der Waals surface area (Å²) in [5.41, 5.74) is 6.18. The molecule has 0 spiro atoms. The van der Waals surface area contributed by atoms with Crippen molar-refractivity contribution < 1.29 is 9.18 Å². The number of benzene rings is 1. The topological polar surface area (TPSA) is 55.1 Å². The Bertz CT molecular complexity index is 368. The van der Waals surface area contributed by atoms with Crippen molar-refractivity contribution in [2.45, 2.75) is 32.2 Å². The van der Waals surface area contributed by atoms with Gasteiger partial charge in [0.2, 0.25) is 5.91 Å². The summed E-state index contributed by atoms with van der Waals surface area (Å²) in [7, 11) is 0. The highest BCUT2D eigenvalue weighted by Gasteiger charge is 2.08. The minimum atomic E-state index is -0.347. The first-order valence-electron chi connectivity index (χ1n) is 5.89. The first kappa shape index (κ1) is 13.6. The zero-order valence-electron chi connectivity index (χ0n) is 10.1. The molecule has 17 heavy (non-hydrogen) atoms. The van der Waals surface area contributed by atoms with Gasteiger partial charge in [-0.05, 0) is 18.1 Å². The Morgan fingerprint density at radius 2 is 2.18 bits per heavy atom. The van der Waals surface area contributed by atoms with Crippen LogP contribution >= 0.6 is 0 Å². The van der Waals surface area contributed by atoms with Crippen LogP contribution in [0.25, 0.3) is 0 Å². The van der Waals surface area contributed by atoms with Crippen molar-refractivity contribution in [3.05, 3.63) is 35.6 Å². The van der Waals surface area contributed by atoms with Crippen molar-refractivity contribution in [3.63, 3.8) is 0 Å². The molecule has 0 fully saturated rings. The minimum absolute atomic E-state index is 0.0235. The maximum absolute atomic E-state index is 13.3. The summed E-state index contributed by atoms with van der Waals surface area (Å²) in [6.07, 6.45) is 1.93. The van der Waals surface area contributed by atoms with Gasteiger partial charge in [-0.1, -0.05) is 31.5 Å². The number of halogens is 1. The quantitative estimate of drug-likeness (QED) is 0.791. The van der Waals surface area contributed by atoms with Gasteiger partial charge >= 0.3 is 0 Å². The Hall–Kier alpha value is -1.42. The molecule has 1 rings (SSSR count). The Labute approximate surface area is 101 Å². The fourth-order valence-electron chi connectivity index (χ4n) is 1.60. The number of amides is 1. The van der Waals surface area contributed by atoms with Crippen molar-refractivity contribution in [2.24, 2.45) is 5.73 Å². The summed E-state index contributed by atoms with van der Waals surface area (Å²) in [5, 5.41) is 2.71. The average molecular weight is 238 g/mol. The third-order valence-corrected chi connectivity index (χ3v) is 2.53. The predicted molar refractivity (Wildman–Crippen MR) is 66.0 cm³/mol. The molecule has 94 valence electrons. The standard InChI is InChI=1S/C13H19FN2O/c1-2-5-11(15)9-16-13(17)8-10-6-3-4-7-12(10)14/h3-4,6-7,11H,2,5,8-9,15H2,1H3,(H,16,17). The summed E-state index contributed by atoms with van der Waals surface area (Å²) in [6.45, 7) is 2.49. The second-order valence-electron chi connectivity index (χ2n) is 4.12. The molecular weight excluding hydrogens is 219 g/mol. The molecule has 0 aliphatic heterocycles. The van der Waals surface area contributed by atoms with Crippen LogP contribution in [0.1, 0.15) is 25.3 Å². The van der Waals surface area contributed by atoms with Crippen molar-refractivity contribution in [3.8, 4) is 0 Å². The van der Waals surface area contributed by atoms with Gasteiger partial charge < -0.3 is 11.1 Å². The van der Waals surface area contributed by atoms with Crippen LogP contribution < -0.4 is 11.1 Å². The smallest absolute Gasteiger partial charge is 0.224 e. The van der Waals surface area contributed by atoms with E-state index in [1.165, 1.54) is 6.07 Å². The van der Waals surface area contributed by atoms with Crippen LogP contribution in [0.3, 0.4) is 0 Å². The highest BCUT2D eigenvalue weighted by Crippen LogP contribution is 2.06. The minimum Gasteiger partial charge on any atom is -0.354 e. The van der Waals surface area contributed by atoms with Crippen LogP contribution in [-0.2, 0) is 11.2 Å². The van der Waals surface area contributed by atoms with Gasteiger partial charge in [0.05, 0.1) is 6.42 Å². The number of rotatable bonds is 6. The van der Waals surface area contributed by atoms with E-state index >= 15 is 0 Å². The van der Waals surface area contributed by atoms with E-state index in [-0.39, 0.29) is 24.2 Å². The number of carbonyl (C=O) groups excluding carboxylic acids is 1. The van der Waals surface area contributed by atoms with Gasteiger partial charge in [0.1, 0.15) is 5.82 Å². The van der Waals surface area contributed by atoms with E-state index in [0.29, 0.717) is 12.1 Å². The normalized spacial score (nSPS) is 12.2. The Balaban J connectivity index is 2.37. The lowest BCUT2D eigenvalue weighted by Crippen LogP contribution is -2.37. The molecule has 1 amide bonds. The lowest BCUT2D eigenvalue weighted by atomic mass is 10.1. The first-order valence-corrected chi connectivity index (χ1v) is 5.89. The van der Waals surface area contributed by atoms with E-state index in [1.54, 1.807) is 18.2 Å². The van der Waals surface area contributed by atoms with Crippen LogP contribution in [0, 0.1) is 5.82 Å². The third kappa shape index (κ3) is 4.95. The lowest BCUT2D eigenvalue weighted by Gasteiger charge is -2.11. The Morgan fingerprint density at radius 1 is 1.47 bits per heavy atom. The van der Waals surface area contributed by atoms with Gasteiger partial charge in [-0.2, -0.15) is 0 Å². The zero-order valence-corrected chi connectivity index (χ0v) is 10.1. The summed E-state index contributed by atoms with van der Waals surface area (Å²) < 4.78 is 13.3. The van der Waals surface area contributed by atoms with Gasteiger partial charge in [-0.25, -0.2) is 4.39 Å². The van der Waals surface area contributed by atoms with Crippen LogP contribution in [0.15, 0.2) is 24.3 Å². The van der Waals surface area contributed by atoms with Gasteiger partial charge in [0.15, 0.2) is 0 Å². The molecule has 0 aliphatic rings. The van der Waals surface area contributed by atoms with E-state index in [9.17, 15) is 9.18 Å². The highest BCUT2D eigenvalue weighted by molar-refractivity contribution is 5.78. The molecule has 1 aromatic carbocycles. The van der Waals surface area contributed by atoms with E-state index in [4.69, 9.17) is 5.73 Å². The summed E-state index contributed by atoms with van der Waals surface area (Å²) in [6, 6.07) is 6.26. The Morgan fingerprint density at radius 3 is 2.82 bits per heavy atom. The van der Waals surface area contributed by atoms with Gasteiger partial charge in [-0.15, -0.1) is 0 Å². The molecule has 0 saturated heterocycles. The zero-order chi connectivity index (χ0) is 12.7. The molecule has 0 heterocycles. The maximum atomic E-state index is 13.3. The van der Waals surface area contributed by atoms with E-state index in [2.05, 4.69) is 5.32 Å². The predicted octanol–water partition coefficient (Wildman–Crippen LogP) is 1.61. The van der Waals surface area contributed by atoms with Gasteiger partial charge in [-0.3, -0.25) is 4.79 Å². The van der Waals surface area contributed by atoms with Crippen LogP contribution in [0.2, 0.25) is 0 Å². The molecule has 1 unspecified atom stereocenters. The van der Waals surface area contributed by atoms with E-state index < -0.39 is 0 Å². The highest BCUT2D eigenvalue weighted by atomic mass is 19.1. The first-order chi connectivity index (χ1) is 8.13. The fourth-order valence-corrected chi connectivity index (χ4v) is 1.60. The van der Waals surface area contributed by atoms with Crippen molar-refractivity contribution in [1.82, 2.24) is 5.32 Å². The second kappa shape index (κ2) is 7.01. The van der Waals surface area contributed by atoms with E-state index in [0.717, 1.165) is 12.8 Å². The molecule has 0 saturated carbocycles. The van der Waals surface area contributed by atoms with Crippen molar-refractivity contribution >= 4 is 5.91 Å². The molecule has 1 atom stereocenters. The monoisotopic (exact) mass is 238 g/mol. The van der Waals surface area contributed by atoms with Crippen molar-refractivity contribution in [2.75, 3.05) is 6.54 Å². The third-order valence-electron chi connectivity index (χ3n) is 2.53. The second-order valence-corrected chi connectivity index (χ2v) is 4.12. The molecule has 4 heteroatoms. The fraction of sp³-hybridized carbons (Fsp3) is 0.462. The number of hydrogen-bond acceptors (Lipinski definition) is 2. The molecule has 3 N–H and O–H groups in total. The summed E-state index contributed by atoms with van der Waals surface area (Å²) in [4.78, 5) is 11.5. The van der Waals surface area contributed by atoms with Gasteiger partial charge in [0.25, 0.3) is 0 Å². The number of hydrogen-bond donors (Lipinski definition) is 2. The van der Waals surface area contributed by atoms with Crippen LogP contribution in [-0.4, -0.2) is 18.5 Å². The summed E-state index contributed by atoms with van der Waals surface area (Å²) in [5.74, 6) is -0.540. The average Bonchev–Trinajstić information content (AvgIpc) is 2.30. The summed E-state index contributed by atoms with van der Waals surface area (Å²) >= 11 is 0. The SMILES string of the molecule is CCCC(N)CNC(=O)Cc1ccccc1F. The molecule has 0 aliphatic carbocycles. The molecule has 0 bridgehead atoms. The maximum Gasteiger partial charge on any atom is 0.224 e. The molecule has 1 aromatic rings. The number of nitrogens with one attached hydrogen (secondary N) is 1. The van der Waals surface area contributed by atoms with Crippen LogP contribution in [0.5, 0.6) is 0 Å². The number of carbonyl (C=O) groups is 1. The van der Waals surface area contributed by atoms with E-state index in [1.807, 2.05) is 6.92 Å².